The first-order valence-electron chi connectivity index (χ1n) is 5.73. The summed E-state index contributed by atoms with van der Waals surface area (Å²) in [6.45, 7) is 4.10. The number of benzene rings is 1. The number of rotatable bonds is 4. The van der Waals surface area contributed by atoms with Gasteiger partial charge in [0.2, 0.25) is 0 Å². The smallest absolute Gasteiger partial charge is 0.324 e. The SMILES string of the molecule is CB1O[C@@H](CN)c2ccc(OCC(C)=O)cc21. The Morgan fingerprint density at radius 2 is 2.35 bits per heavy atom. The maximum absolute atomic E-state index is 10.8. The van der Waals surface area contributed by atoms with Crippen LogP contribution >= 0.6 is 0 Å². The highest BCUT2D eigenvalue weighted by Crippen LogP contribution is 2.25. The number of ketones is 1. The largest absolute Gasteiger partial charge is 0.486 e. The van der Waals surface area contributed by atoms with Gasteiger partial charge in [-0.15, -0.1) is 0 Å². The molecule has 0 amide bonds. The summed E-state index contributed by atoms with van der Waals surface area (Å²) in [5, 5.41) is 0. The standard InChI is InChI=1S/C12H16BNO3/c1-8(15)7-16-9-3-4-10-11(5-9)13(2)17-12(10)6-14/h3-5,12H,6-7,14H2,1-2H3/t12-/m0/s1. The van der Waals surface area contributed by atoms with Gasteiger partial charge in [0, 0.05) is 6.54 Å². The number of Topliss-reactive ketones (excluding diaryl/α,β-unsaturated/α-hetero) is 1. The first-order chi connectivity index (χ1) is 8.11. The van der Waals surface area contributed by atoms with E-state index >= 15 is 0 Å². The van der Waals surface area contributed by atoms with E-state index in [1.807, 2.05) is 25.0 Å². The Bertz CT molecular complexity index is 436. The van der Waals surface area contributed by atoms with E-state index in [-0.39, 0.29) is 25.4 Å². The third kappa shape index (κ3) is 2.51. The maximum Gasteiger partial charge on any atom is 0.324 e. The van der Waals surface area contributed by atoms with Crippen LogP contribution < -0.4 is 15.9 Å². The molecule has 1 atom stereocenters. The summed E-state index contributed by atoms with van der Waals surface area (Å²) in [6, 6.07) is 5.75. The molecule has 4 nitrogen and oxygen atoms in total. The van der Waals surface area contributed by atoms with Crippen LogP contribution in [0.2, 0.25) is 6.82 Å². The fraction of sp³-hybridized carbons (Fsp3) is 0.417. The van der Waals surface area contributed by atoms with Crippen molar-refractivity contribution in [1.82, 2.24) is 0 Å². The van der Waals surface area contributed by atoms with E-state index in [0.717, 1.165) is 11.0 Å². The van der Waals surface area contributed by atoms with Gasteiger partial charge in [0.15, 0.2) is 5.78 Å². The molecular formula is C12H16BNO3. The second kappa shape index (κ2) is 4.90. The quantitative estimate of drug-likeness (QED) is 0.770. The number of nitrogens with two attached hydrogens (primary N) is 1. The summed E-state index contributed by atoms with van der Waals surface area (Å²) in [4.78, 5) is 10.8. The summed E-state index contributed by atoms with van der Waals surface area (Å²) in [7, 11) is 0. The molecule has 1 aliphatic rings. The average molecular weight is 233 g/mol. The fourth-order valence-corrected chi connectivity index (χ4v) is 2.05. The maximum atomic E-state index is 10.8. The Kier molecular flexibility index (Phi) is 3.50. The molecule has 1 aromatic carbocycles. The third-order valence-electron chi connectivity index (χ3n) is 2.87. The molecule has 0 saturated heterocycles. The van der Waals surface area contributed by atoms with Crippen LogP contribution in [0, 0.1) is 0 Å². The molecule has 90 valence electrons. The molecular weight excluding hydrogens is 217 g/mol. The Morgan fingerprint density at radius 3 is 3.00 bits per heavy atom. The minimum atomic E-state index is -0.0261. The first-order valence-corrected chi connectivity index (χ1v) is 5.73. The van der Waals surface area contributed by atoms with Gasteiger partial charge in [-0.2, -0.15) is 0 Å². The molecule has 17 heavy (non-hydrogen) atoms. The summed E-state index contributed by atoms with van der Waals surface area (Å²) in [5.74, 6) is 0.710. The van der Waals surface area contributed by atoms with Crippen LogP contribution in [0.3, 0.4) is 0 Å². The van der Waals surface area contributed by atoms with Crippen molar-refractivity contribution in [3.05, 3.63) is 23.8 Å². The van der Waals surface area contributed by atoms with Crippen LogP contribution in [0.5, 0.6) is 5.75 Å². The lowest BCUT2D eigenvalue weighted by Crippen LogP contribution is -2.24. The Hall–Kier alpha value is -1.33. The predicted molar refractivity (Wildman–Crippen MR) is 66.8 cm³/mol. The van der Waals surface area contributed by atoms with Gasteiger partial charge >= 0.3 is 6.92 Å². The topological polar surface area (TPSA) is 61.6 Å². The van der Waals surface area contributed by atoms with Crippen molar-refractivity contribution >= 4 is 18.2 Å². The van der Waals surface area contributed by atoms with E-state index in [1.165, 1.54) is 6.92 Å². The predicted octanol–water partition coefficient (Wildman–Crippen LogP) is 0.513. The monoisotopic (exact) mass is 233 g/mol. The van der Waals surface area contributed by atoms with Crippen molar-refractivity contribution < 1.29 is 14.2 Å². The first kappa shape index (κ1) is 12.1. The Labute approximate surface area is 101 Å². The van der Waals surface area contributed by atoms with E-state index in [4.69, 9.17) is 15.1 Å². The van der Waals surface area contributed by atoms with Gasteiger partial charge in [-0.25, -0.2) is 0 Å². The van der Waals surface area contributed by atoms with Crippen molar-refractivity contribution in [3.8, 4) is 5.75 Å². The lowest BCUT2D eigenvalue weighted by molar-refractivity contribution is -0.118. The normalized spacial score (nSPS) is 18.1. The Balaban J connectivity index is 2.19. The van der Waals surface area contributed by atoms with Crippen LogP contribution in [0.25, 0.3) is 0 Å². The molecule has 1 aliphatic heterocycles. The zero-order valence-corrected chi connectivity index (χ0v) is 10.1. The molecule has 0 saturated carbocycles. The number of hydrogen-bond acceptors (Lipinski definition) is 4. The molecule has 2 rings (SSSR count). The lowest BCUT2D eigenvalue weighted by atomic mass is 9.64. The second-order valence-corrected chi connectivity index (χ2v) is 4.28. The average Bonchev–Trinajstić information content (AvgIpc) is 2.63. The highest BCUT2D eigenvalue weighted by atomic mass is 16.5. The molecule has 2 N–H and O–H groups in total. The fourth-order valence-electron chi connectivity index (χ4n) is 2.05. The van der Waals surface area contributed by atoms with Crippen LogP contribution in [-0.4, -0.2) is 25.9 Å². The molecule has 0 radical (unpaired) electrons. The van der Waals surface area contributed by atoms with E-state index in [1.54, 1.807) is 0 Å². The van der Waals surface area contributed by atoms with Crippen LogP contribution in [0.1, 0.15) is 18.6 Å². The van der Waals surface area contributed by atoms with Crippen LogP contribution in [0.4, 0.5) is 0 Å². The van der Waals surface area contributed by atoms with Gasteiger partial charge in [-0.05, 0) is 30.1 Å². The molecule has 1 heterocycles. The zero-order chi connectivity index (χ0) is 12.4. The number of fused-ring (bicyclic) bond motifs is 1. The third-order valence-corrected chi connectivity index (χ3v) is 2.87. The summed E-state index contributed by atoms with van der Waals surface area (Å²) < 4.78 is 11.1. The molecule has 0 fully saturated rings. The van der Waals surface area contributed by atoms with Gasteiger partial charge in [0.1, 0.15) is 12.4 Å². The highest BCUT2D eigenvalue weighted by Gasteiger charge is 2.31. The van der Waals surface area contributed by atoms with E-state index in [2.05, 4.69) is 0 Å². The molecule has 0 aliphatic carbocycles. The van der Waals surface area contributed by atoms with Gasteiger partial charge in [-0.3, -0.25) is 4.79 Å². The van der Waals surface area contributed by atoms with Crippen molar-refractivity contribution in [2.45, 2.75) is 19.9 Å². The van der Waals surface area contributed by atoms with Crippen molar-refractivity contribution in [2.75, 3.05) is 13.2 Å². The summed E-state index contributed by atoms with van der Waals surface area (Å²) >= 11 is 0. The van der Waals surface area contributed by atoms with E-state index in [9.17, 15) is 4.79 Å². The van der Waals surface area contributed by atoms with Crippen molar-refractivity contribution in [1.29, 1.82) is 0 Å². The summed E-state index contributed by atoms with van der Waals surface area (Å²) in [5.41, 5.74) is 7.87. The van der Waals surface area contributed by atoms with Gasteiger partial charge in [0.05, 0.1) is 6.10 Å². The van der Waals surface area contributed by atoms with Gasteiger partial charge in [0.25, 0.3) is 0 Å². The number of carbonyl (C=O) groups is 1. The zero-order valence-electron chi connectivity index (χ0n) is 10.1. The molecule has 0 bridgehead atoms. The van der Waals surface area contributed by atoms with E-state index < -0.39 is 0 Å². The highest BCUT2D eigenvalue weighted by molar-refractivity contribution is 6.67. The van der Waals surface area contributed by atoms with Crippen LogP contribution in [0.15, 0.2) is 18.2 Å². The minimum absolute atomic E-state index is 0.00892. The van der Waals surface area contributed by atoms with Crippen molar-refractivity contribution in [2.24, 2.45) is 5.73 Å². The Morgan fingerprint density at radius 1 is 1.59 bits per heavy atom. The molecule has 0 unspecified atom stereocenters. The number of carbonyl (C=O) groups excluding carboxylic acids is 1. The molecule has 0 aromatic heterocycles. The van der Waals surface area contributed by atoms with E-state index in [0.29, 0.717) is 12.3 Å². The molecule has 1 aromatic rings. The van der Waals surface area contributed by atoms with Crippen molar-refractivity contribution in [3.63, 3.8) is 0 Å². The van der Waals surface area contributed by atoms with Crippen LogP contribution in [-0.2, 0) is 9.45 Å². The van der Waals surface area contributed by atoms with Gasteiger partial charge in [-0.1, -0.05) is 12.9 Å². The number of ether oxygens (including phenoxy) is 1. The lowest BCUT2D eigenvalue weighted by Gasteiger charge is -2.09. The molecule has 0 spiro atoms. The minimum Gasteiger partial charge on any atom is -0.486 e. The summed E-state index contributed by atoms with van der Waals surface area (Å²) in [6.07, 6.45) is -0.0261. The number of hydrogen-bond donors (Lipinski definition) is 1. The molecule has 5 heteroatoms. The second-order valence-electron chi connectivity index (χ2n) is 4.28. The van der Waals surface area contributed by atoms with Gasteiger partial charge < -0.3 is 15.1 Å².